The molecule has 3 heteroatoms. The Morgan fingerprint density at radius 2 is 2.00 bits per heavy atom. The highest BCUT2D eigenvalue weighted by molar-refractivity contribution is 7.14. The second-order valence-electron chi connectivity index (χ2n) is 2.38. The first kappa shape index (κ1) is 7.62. The quantitative estimate of drug-likeness (QED) is 0.627. The predicted octanol–water partition coefficient (Wildman–Crippen LogP) is 2.25. The van der Waals surface area contributed by atoms with Gasteiger partial charge in [-0.3, -0.25) is 0 Å². The summed E-state index contributed by atoms with van der Waals surface area (Å²) in [6.07, 6.45) is 0. The van der Waals surface area contributed by atoms with E-state index in [9.17, 15) is 0 Å². The van der Waals surface area contributed by atoms with Crippen LogP contribution in [0.4, 0.5) is 0 Å². The van der Waals surface area contributed by atoms with Gasteiger partial charge in [0.05, 0.1) is 5.39 Å². The van der Waals surface area contributed by atoms with Gasteiger partial charge in [-0.2, -0.15) is 10.5 Å². The Hall–Kier alpha value is -2.02. The Balaban J connectivity index is 2.94. The van der Waals surface area contributed by atoms with Crippen LogP contribution in [0.5, 0.6) is 0 Å². The fraction of sp³-hybridized carbons (Fsp3) is 0. The molecule has 0 bridgehead atoms. The summed E-state index contributed by atoms with van der Waals surface area (Å²) in [6.45, 7) is 0. The van der Waals surface area contributed by atoms with Gasteiger partial charge in [0.25, 0.3) is 0 Å². The predicted molar refractivity (Wildman–Crippen MR) is 48.9 cm³/mol. The zero-order chi connectivity index (χ0) is 9.26. The van der Waals surface area contributed by atoms with Crippen molar-refractivity contribution in [3.8, 4) is 12.1 Å². The highest BCUT2D eigenvalue weighted by Crippen LogP contribution is 2.28. The summed E-state index contributed by atoms with van der Waals surface area (Å²) in [4.78, 5) is 1.10. The molecule has 0 saturated carbocycles. The Kier molecular flexibility index (Phi) is 1.64. The molecular formula is C10H2N2S. The Labute approximate surface area is 79.3 Å². The van der Waals surface area contributed by atoms with Crippen LogP contribution in [0.2, 0.25) is 0 Å². The minimum atomic E-state index is 0.531. The van der Waals surface area contributed by atoms with E-state index in [-0.39, 0.29) is 0 Å². The van der Waals surface area contributed by atoms with Gasteiger partial charge in [-0.05, 0) is 12.1 Å². The van der Waals surface area contributed by atoms with Crippen molar-refractivity contribution in [3.05, 3.63) is 34.0 Å². The van der Waals surface area contributed by atoms with Gasteiger partial charge in [0.1, 0.15) is 21.9 Å². The van der Waals surface area contributed by atoms with Gasteiger partial charge in [-0.25, -0.2) is 0 Å². The van der Waals surface area contributed by atoms with E-state index in [4.69, 9.17) is 10.5 Å². The van der Waals surface area contributed by atoms with E-state index in [2.05, 4.69) is 18.2 Å². The molecule has 2 aromatic rings. The van der Waals surface area contributed by atoms with Crippen LogP contribution in [-0.4, -0.2) is 0 Å². The largest absolute Gasteiger partial charge is 0.192 e. The van der Waals surface area contributed by atoms with Crippen molar-refractivity contribution in [3.63, 3.8) is 0 Å². The van der Waals surface area contributed by atoms with Gasteiger partial charge in [0, 0.05) is 5.39 Å². The number of fused-ring (bicyclic) bond motifs is 1. The first-order valence-corrected chi connectivity index (χ1v) is 4.33. The number of nitrogens with zero attached hydrogens (tertiary/aromatic N) is 2. The number of rotatable bonds is 0. The maximum Gasteiger partial charge on any atom is 0.122 e. The van der Waals surface area contributed by atoms with Crippen molar-refractivity contribution >= 4 is 22.1 Å². The van der Waals surface area contributed by atoms with Crippen molar-refractivity contribution in [2.24, 2.45) is 0 Å². The van der Waals surface area contributed by atoms with E-state index in [1.54, 1.807) is 12.1 Å². The standard InChI is InChI=1S/C10H2N2S/c11-5-9-7-3-1-2-4-8(7)10(6-12)13-9/h1,3H. The lowest BCUT2D eigenvalue weighted by molar-refractivity contribution is 1.53. The first-order chi connectivity index (χ1) is 6.36. The SMILES string of the molecule is N#Cc1sc(C#N)c2ccc#cc12. The topological polar surface area (TPSA) is 47.6 Å². The van der Waals surface area contributed by atoms with Gasteiger partial charge >= 0.3 is 0 Å². The Morgan fingerprint density at radius 1 is 1.23 bits per heavy atom. The second-order valence-corrected chi connectivity index (χ2v) is 3.40. The van der Waals surface area contributed by atoms with Crippen LogP contribution in [0.1, 0.15) is 9.75 Å². The number of nitriles is 2. The summed E-state index contributed by atoms with van der Waals surface area (Å²) >= 11 is 1.20. The van der Waals surface area contributed by atoms with Crippen LogP contribution in [0, 0.1) is 34.8 Å². The molecule has 1 aromatic carbocycles. The lowest BCUT2D eigenvalue weighted by atomic mass is 10.2. The molecule has 0 amide bonds. The van der Waals surface area contributed by atoms with Crippen molar-refractivity contribution < 1.29 is 0 Å². The lowest BCUT2D eigenvalue weighted by Gasteiger charge is -1.81. The van der Waals surface area contributed by atoms with Gasteiger partial charge in [-0.1, -0.05) is 12.1 Å². The van der Waals surface area contributed by atoms with Crippen molar-refractivity contribution in [2.45, 2.75) is 0 Å². The molecule has 0 N–H and O–H groups in total. The molecule has 0 aliphatic carbocycles. The monoisotopic (exact) mass is 182 g/mol. The number of hydrogen-bond acceptors (Lipinski definition) is 3. The summed E-state index contributed by atoms with van der Waals surface area (Å²) in [7, 11) is 0. The second kappa shape index (κ2) is 2.79. The van der Waals surface area contributed by atoms with Crippen LogP contribution in [0.25, 0.3) is 10.8 Å². The van der Waals surface area contributed by atoms with Crippen LogP contribution < -0.4 is 0 Å². The normalized spacial score (nSPS) is 8.77. The fourth-order valence-electron chi connectivity index (χ4n) is 1.13. The molecule has 0 aliphatic heterocycles. The average Bonchev–Trinajstić information content (AvgIpc) is 2.56. The molecule has 0 radical (unpaired) electrons. The van der Waals surface area contributed by atoms with Gasteiger partial charge in [0.2, 0.25) is 0 Å². The highest BCUT2D eigenvalue weighted by atomic mass is 32.1. The number of hydrogen-bond donors (Lipinski definition) is 0. The zero-order valence-electron chi connectivity index (χ0n) is 6.46. The Morgan fingerprint density at radius 3 is 2.69 bits per heavy atom. The maximum atomic E-state index is 8.77. The van der Waals surface area contributed by atoms with Gasteiger partial charge in [-0.15, -0.1) is 11.3 Å². The minimum absolute atomic E-state index is 0.531. The molecular weight excluding hydrogens is 180 g/mol. The van der Waals surface area contributed by atoms with Crippen LogP contribution in [0.3, 0.4) is 0 Å². The van der Waals surface area contributed by atoms with Gasteiger partial charge in [0.15, 0.2) is 0 Å². The molecule has 0 atom stereocenters. The smallest absolute Gasteiger partial charge is 0.122 e. The summed E-state index contributed by atoms with van der Waals surface area (Å²) in [5.41, 5.74) is 0. The van der Waals surface area contributed by atoms with E-state index >= 15 is 0 Å². The van der Waals surface area contributed by atoms with Crippen molar-refractivity contribution in [2.75, 3.05) is 0 Å². The molecule has 0 saturated heterocycles. The Bertz CT molecular complexity index is 492. The maximum absolute atomic E-state index is 8.77. The summed E-state index contributed by atoms with van der Waals surface area (Å²) in [5.74, 6) is 0. The van der Waals surface area contributed by atoms with Crippen LogP contribution >= 0.6 is 11.3 Å². The van der Waals surface area contributed by atoms with E-state index in [1.165, 1.54) is 11.3 Å². The molecule has 58 valence electrons. The molecule has 0 unspecified atom stereocenters. The summed E-state index contributed by atoms with van der Waals surface area (Å²) in [5, 5.41) is 19.0. The van der Waals surface area contributed by atoms with Crippen molar-refractivity contribution in [1.29, 1.82) is 10.5 Å². The molecule has 2 rings (SSSR count). The van der Waals surface area contributed by atoms with Crippen molar-refractivity contribution in [1.82, 2.24) is 0 Å². The third-order valence-electron chi connectivity index (χ3n) is 1.68. The van der Waals surface area contributed by atoms with E-state index in [1.807, 2.05) is 6.07 Å². The molecule has 1 aromatic heterocycles. The first-order valence-electron chi connectivity index (χ1n) is 3.52. The summed E-state index contributed by atoms with van der Waals surface area (Å²) < 4.78 is 0. The fourth-order valence-corrected chi connectivity index (χ4v) is 1.97. The molecule has 0 aliphatic rings. The van der Waals surface area contributed by atoms with E-state index in [0.29, 0.717) is 15.1 Å². The lowest BCUT2D eigenvalue weighted by Crippen LogP contribution is -1.65. The third kappa shape index (κ3) is 1.02. The molecule has 2 nitrogen and oxygen atoms in total. The highest BCUT2D eigenvalue weighted by Gasteiger charge is 2.08. The van der Waals surface area contributed by atoms with Crippen LogP contribution in [-0.2, 0) is 0 Å². The molecule has 13 heavy (non-hydrogen) atoms. The van der Waals surface area contributed by atoms with E-state index < -0.39 is 0 Å². The summed E-state index contributed by atoms with van der Waals surface area (Å²) in [6, 6.07) is 13.2. The molecule has 0 spiro atoms. The third-order valence-corrected chi connectivity index (χ3v) is 2.69. The van der Waals surface area contributed by atoms with Crippen LogP contribution in [0.15, 0.2) is 12.1 Å². The van der Waals surface area contributed by atoms with E-state index in [0.717, 1.165) is 5.39 Å². The molecule has 0 fully saturated rings. The minimum Gasteiger partial charge on any atom is -0.192 e. The zero-order valence-corrected chi connectivity index (χ0v) is 7.27. The average molecular weight is 182 g/mol. The number of thiophene rings is 1. The molecule has 1 heterocycles. The van der Waals surface area contributed by atoms with Gasteiger partial charge < -0.3 is 0 Å².